The predicted octanol–water partition coefficient (Wildman–Crippen LogP) is 3.59. The van der Waals surface area contributed by atoms with E-state index in [0.717, 1.165) is 22.2 Å². The number of hydrogen-bond donors (Lipinski definition) is 1. The molecule has 2 aromatic carbocycles. The van der Waals surface area contributed by atoms with Crippen molar-refractivity contribution >= 4 is 40.2 Å². The fourth-order valence-corrected chi connectivity index (χ4v) is 3.40. The predicted molar refractivity (Wildman–Crippen MR) is 95.1 cm³/mol. The zero-order valence-electron chi connectivity index (χ0n) is 13.1. The number of aryl methyl sites for hydroxylation is 1. The molecule has 6 heteroatoms. The zero-order chi connectivity index (χ0) is 17.1. The molecular formula is C18H16N2O3S. The summed E-state index contributed by atoms with van der Waals surface area (Å²) in [6.45, 7) is 1.96. The molecular weight excluding hydrogens is 324 g/mol. The molecule has 5 nitrogen and oxygen atoms in total. The monoisotopic (exact) mass is 340 g/mol. The second-order valence-electron chi connectivity index (χ2n) is 5.50. The molecule has 0 spiro atoms. The summed E-state index contributed by atoms with van der Waals surface area (Å²) in [5, 5.41) is 1.71. The molecule has 1 N–H and O–H groups in total. The number of benzene rings is 2. The van der Waals surface area contributed by atoms with Crippen molar-refractivity contribution in [2.24, 2.45) is 0 Å². The molecule has 24 heavy (non-hydrogen) atoms. The molecule has 3 rings (SSSR count). The number of para-hydroxylation sites is 1. The van der Waals surface area contributed by atoms with Gasteiger partial charge in [0.05, 0.1) is 5.69 Å². The number of rotatable bonds is 4. The van der Waals surface area contributed by atoms with Crippen molar-refractivity contribution in [2.45, 2.75) is 18.6 Å². The van der Waals surface area contributed by atoms with Gasteiger partial charge >= 0.3 is 0 Å². The van der Waals surface area contributed by atoms with Gasteiger partial charge in [-0.15, -0.1) is 0 Å². The van der Waals surface area contributed by atoms with Crippen LogP contribution in [0.15, 0.2) is 54.6 Å². The molecule has 1 atom stereocenters. The highest BCUT2D eigenvalue weighted by Gasteiger charge is 2.41. The number of thioether (sulfide) groups is 1. The van der Waals surface area contributed by atoms with E-state index < -0.39 is 5.25 Å². The van der Waals surface area contributed by atoms with Crippen molar-refractivity contribution in [3.05, 3.63) is 60.2 Å². The Morgan fingerprint density at radius 3 is 2.42 bits per heavy atom. The summed E-state index contributed by atoms with van der Waals surface area (Å²) in [5.74, 6) is -0.636. The Balaban J connectivity index is 1.65. The highest BCUT2D eigenvalue weighted by atomic mass is 32.2. The number of nitrogens with zero attached hydrogens (tertiary/aromatic N) is 1. The van der Waals surface area contributed by atoms with E-state index in [9.17, 15) is 14.4 Å². The zero-order valence-corrected chi connectivity index (χ0v) is 13.9. The van der Waals surface area contributed by atoms with E-state index in [1.165, 1.54) is 0 Å². The third-order valence-electron chi connectivity index (χ3n) is 3.64. The van der Waals surface area contributed by atoms with Gasteiger partial charge in [-0.25, -0.2) is 4.90 Å². The molecule has 1 heterocycles. The van der Waals surface area contributed by atoms with Gasteiger partial charge in [0, 0.05) is 12.1 Å². The van der Waals surface area contributed by atoms with Crippen LogP contribution in [0.1, 0.15) is 12.0 Å². The second kappa shape index (κ2) is 6.88. The Labute approximate surface area is 144 Å². The number of anilines is 2. The molecule has 0 bridgehead atoms. The number of carbonyl (C=O) groups excluding carboxylic acids is 3. The summed E-state index contributed by atoms with van der Waals surface area (Å²) in [6.07, 6.45) is -0.0353. The van der Waals surface area contributed by atoms with Gasteiger partial charge in [-0.05, 0) is 43.0 Å². The van der Waals surface area contributed by atoms with E-state index in [4.69, 9.17) is 0 Å². The quantitative estimate of drug-likeness (QED) is 0.923. The van der Waals surface area contributed by atoms with E-state index in [1.807, 2.05) is 25.1 Å². The van der Waals surface area contributed by atoms with Gasteiger partial charge in [-0.2, -0.15) is 0 Å². The van der Waals surface area contributed by atoms with Crippen LogP contribution in [0.4, 0.5) is 16.2 Å². The lowest BCUT2D eigenvalue weighted by atomic mass is 10.2. The maximum atomic E-state index is 12.5. The Morgan fingerprint density at radius 1 is 1.08 bits per heavy atom. The number of hydrogen-bond acceptors (Lipinski definition) is 4. The first kappa shape index (κ1) is 16.3. The summed E-state index contributed by atoms with van der Waals surface area (Å²) in [7, 11) is 0. The molecule has 0 saturated carbocycles. The van der Waals surface area contributed by atoms with Gasteiger partial charge < -0.3 is 5.32 Å². The number of nitrogens with one attached hydrogen (secondary N) is 1. The Hall–Kier alpha value is -2.60. The topological polar surface area (TPSA) is 66.5 Å². The number of amides is 3. The van der Waals surface area contributed by atoms with Gasteiger partial charge in [-0.3, -0.25) is 14.4 Å². The Bertz CT molecular complexity index is 775. The van der Waals surface area contributed by atoms with Crippen LogP contribution in [0.2, 0.25) is 0 Å². The van der Waals surface area contributed by atoms with Crippen LogP contribution < -0.4 is 10.2 Å². The van der Waals surface area contributed by atoms with E-state index in [1.54, 1.807) is 36.4 Å². The molecule has 122 valence electrons. The summed E-state index contributed by atoms with van der Waals surface area (Å²) in [5.41, 5.74) is 2.30. The van der Waals surface area contributed by atoms with Gasteiger partial charge in [0.25, 0.3) is 5.24 Å². The number of carbonyl (C=O) groups is 3. The normalized spacial score (nSPS) is 17.2. The largest absolute Gasteiger partial charge is 0.326 e. The van der Waals surface area contributed by atoms with Crippen LogP contribution in [-0.2, 0) is 9.59 Å². The smallest absolute Gasteiger partial charge is 0.293 e. The molecule has 1 saturated heterocycles. The molecule has 0 radical (unpaired) electrons. The third-order valence-corrected chi connectivity index (χ3v) is 4.68. The minimum absolute atomic E-state index is 0.0353. The van der Waals surface area contributed by atoms with Crippen molar-refractivity contribution < 1.29 is 14.4 Å². The molecule has 1 fully saturated rings. The maximum absolute atomic E-state index is 12.5. The summed E-state index contributed by atoms with van der Waals surface area (Å²) in [4.78, 5) is 37.8. The SMILES string of the molecule is Cc1ccc(NC(=O)C[C@@H]2SC(=O)N(c3ccccc3)C2=O)cc1. The van der Waals surface area contributed by atoms with Gasteiger partial charge in [0.2, 0.25) is 11.8 Å². The first-order valence-corrected chi connectivity index (χ1v) is 8.39. The minimum Gasteiger partial charge on any atom is -0.326 e. The summed E-state index contributed by atoms with van der Waals surface area (Å²) < 4.78 is 0. The highest BCUT2D eigenvalue weighted by Crippen LogP contribution is 2.33. The van der Waals surface area contributed by atoms with Gasteiger partial charge in [0.15, 0.2) is 0 Å². The maximum Gasteiger partial charge on any atom is 0.293 e. The molecule has 1 aliphatic rings. The molecule has 0 aliphatic carbocycles. The van der Waals surface area contributed by atoms with Crippen LogP contribution in [0, 0.1) is 6.92 Å². The van der Waals surface area contributed by atoms with Crippen LogP contribution in [0.3, 0.4) is 0 Å². The van der Waals surface area contributed by atoms with Crippen molar-refractivity contribution in [3.8, 4) is 0 Å². The van der Waals surface area contributed by atoms with Crippen molar-refractivity contribution in [1.29, 1.82) is 0 Å². The van der Waals surface area contributed by atoms with E-state index >= 15 is 0 Å². The summed E-state index contributed by atoms with van der Waals surface area (Å²) in [6, 6.07) is 16.1. The average molecular weight is 340 g/mol. The lowest BCUT2D eigenvalue weighted by Gasteiger charge is -2.13. The van der Waals surface area contributed by atoms with E-state index in [-0.39, 0.29) is 23.5 Å². The van der Waals surface area contributed by atoms with Crippen LogP contribution >= 0.6 is 11.8 Å². The molecule has 1 aliphatic heterocycles. The van der Waals surface area contributed by atoms with Crippen LogP contribution in [-0.4, -0.2) is 22.3 Å². The van der Waals surface area contributed by atoms with E-state index in [0.29, 0.717) is 11.4 Å². The molecule has 3 amide bonds. The van der Waals surface area contributed by atoms with Crippen molar-refractivity contribution in [1.82, 2.24) is 0 Å². The average Bonchev–Trinajstić information content (AvgIpc) is 2.84. The standard InChI is InChI=1S/C18H16N2O3S/c1-12-7-9-13(10-8-12)19-16(21)11-15-17(22)20(18(23)24-15)14-5-3-2-4-6-14/h2-10,15H,11H2,1H3,(H,19,21)/t15-/m0/s1. The first-order valence-electron chi connectivity index (χ1n) is 7.51. The molecule has 0 aromatic heterocycles. The molecule has 2 aromatic rings. The van der Waals surface area contributed by atoms with E-state index in [2.05, 4.69) is 5.32 Å². The van der Waals surface area contributed by atoms with Gasteiger partial charge in [0.1, 0.15) is 5.25 Å². The Morgan fingerprint density at radius 2 is 1.75 bits per heavy atom. The molecule has 0 unspecified atom stereocenters. The lowest BCUT2D eigenvalue weighted by Crippen LogP contribution is -2.32. The van der Waals surface area contributed by atoms with Crippen molar-refractivity contribution in [3.63, 3.8) is 0 Å². The first-order chi connectivity index (χ1) is 11.5. The third kappa shape index (κ3) is 3.49. The highest BCUT2D eigenvalue weighted by molar-refractivity contribution is 8.15. The Kier molecular flexibility index (Phi) is 4.66. The minimum atomic E-state index is -0.692. The fourth-order valence-electron chi connectivity index (χ4n) is 2.41. The summed E-state index contributed by atoms with van der Waals surface area (Å²) >= 11 is 0.895. The number of imide groups is 1. The van der Waals surface area contributed by atoms with Crippen LogP contribution in [0.25, 0.3) is 0 Å². The fraction of sp³-hybridized carbons (Fsp3) is 0.167. The van der Waals surface area contributed by atoms with Gasteiger partial charge in [-0.1, -0.05) is 35.9 Å². The second-order valence-corrected chi connectivity index (χ2v) is 6.65. The van der Waals surface area contributed by atoms with Crippen molar-refractivity contribution in [2.75, 3.05) is 10.2 Å². The van der Waals surface area contributed by atoms with Crippen LogP contribution in [0.5, 0.6) is 0 Å². The lowest BCUT2D eigenvalue weighted by molar-refractivity contribution is -0.121.